The maximum atomic E-state index is 5.73. The Morgan fingerprint density at radius 2 is 1.22 bits per heavy atom. The molecule has 0 spiro atoms. The SMILES string of the molecule is CC(C)(C)c1ccc2[nH]c3c(-c4nc5c(-c6cc(-c7cc(-c8ccccc8)ccn7)cc7ccccc67)cccc5n4-c4ccccc4)cc(C(C)(C)C)cc3c2c1. The van der Waals surface area contributed by atoms with Crippen LogP contribution in [0.4, 0.5) is 0 Å². The van der Waals surface area contributed by atoms with E-state index in [0.29, 0.717) is 0 Å². The van der Waals surface area contributed by atoms with Gasteiger partial charge in [0.15, 0.2) is 0 Å². The average molecular weight is 751 g/mol. The molecule has 3 aromatic heterocycles. The number of hydrogen-bond donors (Lipinski definition) is 1. The van der Waals surface area contributed by atoms with Crippen LogP contribution in [0.25, 0.3) is 94.2 Å². The number of hydrogen-bond acceptors (Lipinski definition) is 2. The number of benzene rings is 7. The van der Waals surface area contributed by atoms with Crippen molar-refractivity contribution in [3.8, 4) is 50.6 Å². The van der Waals surface area contributed by atoms with E-state index < -0.39 is 0 Å². The van der Waals surface area contributed by atoms with E-state index in [1.165, 1.54) is 32.8 Å². The minimum absolute atomic E-state index is 0.0299. The number of rotatable bonds is 5. The van der Waals surface area contributed by atoms with Crippen molar-refractivity contribution in [3.05, 3.63) is 175 Å². The summed E-state index contributed by atoms with van der Waals surface area (Å²) in [5.74, 6) is 0.907. The third-order valence-electron chi connectivity index (χ3n) is 11.7. The van der Waals surface area contributed by atoms with Gasteiger partial charge >= 0.3 is 0 Å². The van der Waals surface area contributed by atoms with Gasteiger partial charge in [-0.3, -0.25) is 9.55 Å². The van der Waals surface area contributed by atoms with Crippen molar-refractivity contribution < 1.29 is 0 Å². The van der Waals surface area contributed by atoms with Crippen LogP contribution in [-0.4, -0.2) is 19.5 Å². The Bertz CT molecular complexity index is 3170. The van der Waals surface area contributed by atoms with E-state index >= 15 is 0 Å². The molecule has 3 heterocycles. The average Bonchev–Trinajstić information content (AvgIpc) is 3.82. The summed E-state index contributed by atoms with van der Waals surface area (Å²) >= 11 is 0. The van der Waals surface area contributed by atoms with Crippen molar-refractivity contribution in [2.75, 3.05) is 0 Å². The number of para-hydroxylation sites is 2. The molecule has 10 aromatic rings. The van der Waals surface area contributed by atoms with Crippen LogP contribution in [0.3, 0.4) is 0 Å². The second-order valence-electron chi connectivity index (χ2n) is 17.7. The Kier molecular flexibility index (Phi) is 8.24. The molecule has 0 bridgehead atoms. The lowest BCUT2D eigenvalue weighted by Gasteiger charge is -2.21. The maximum Gasteiger partial charge on any atom is 0.147 e. The molecule has 0 atom stereocenters. The second-order valence-corrected chi connectivity index (χ2v) is 17.7. The van der Waals surface area contributed by atoms with Gasteiger partial charge < -0.3 is 4.98 Å². The number of fused-ring (bicyclic) bond motifs is 5. The third kappa shape index (κ3) is 6.08. The fourth-order valence-corrected chi connectivity index (χ4v) is 8.49. The Hall–Kier alpha value is -6.78. The Morgan fingerprint density at radius 3 is 2.00 bits per heavy atom. The molecule has 4 nitrogen and oxygen atoms in total. The van der Waals surface area contributed by atoms with E-state index in [-0.39, 0.29) is 10.8 Å². The van der Waals surface area contributed by atoms with Crippen LogP contribution in [0.2, 0.25) is 0 Å². The summed E-state index contributed by atoms with van der Waals surface area (Å²) in [6.45, 7) is 13.8. The van der Waals surface area contributed by atoms with Crippen molar-refractivity contribution in [1.29, 1.82) is 0 Å². The van der Waals surface area contributed by atoms with Crippen LogP contribution in [0, 0.1) is 0 Å². The predicted octanol–water partition coefficient (Wildman–Crippen LogP) is 14.5. The van der Waals surface area contributed by atoms with Crippen LogP contribution < -0.4 is 0 Å². The normalized spacial score (nSPS) is 12.3. The monoisotopic (exact) mass is 750 g/mol. The topological polar surface area (TPSA) is 46.5 Å². The van der Waals surface area contributed by atoms with Gasteiger partial charge in [-0.1, -0.05) is 133 Å². The zero-order valence-electron chi connectivity index (χ0n) is 33.9. The summed E-state index contributed by atoms with van der Waals surface area (Å²) in [4.78, 5) is 14.5. The van der Waals surface area contributed by atoms with Gasteiger partial charge in [0, 0.05) is 44.9 Å². The zero-order chi connectivity index (χ0) is 39.8. The number of H-pyrrole nitrogens is 1. The minimum Gasteiger partial charge on any atom is -0.354 e. The summed E-state index contributed by atoms with van der Waals surface area (Å²) in [6.07, 6.45) is 1.92. The van der Waals surface area contributed by atoms with Crippen LogP contribution in [0.1, 0.15) is 52.7 Å². The smallest absolute Gasteiger partial charge is 0.147 e. The molecule has 10 rings (SSSR count). The van der Waals surface area contributed by atoms with Crippen LogP contribution in [0.5, 0.6) is 0 Å². The van der Waals surface area contributed by atoms with E-state index in [9.17, 15) is 0 Å². The van der Waals surface area contributed by atoms with E-state index in [2.05, 4.69) is 209 Å². The van der Waals surface area contributed by atoms with Gasteiger partial charge in [-0.05, 0) is 116 Å². The summed E-state index contributed by atoms with van der Waals surface area (Å²) in [6, 6.07) is 57.0. The lowest BCUT2D eigenvalue weighted by molar-refractivity contribution is 0.590. The van der Waals surface area contributed by atoms with E-state index in [1.54, 1.807) is 0 Å². The largest absolute Gasteiger partial charge is 0.354 e. The van der Waals surface area contributed by atoms with Gasteiger partial charge in [-0.25, -0.2) is 4.98 Å². The van der Waals surface area contributed by atoms with Crippen molar-refractivity contribution in [2.24, 2.45) is 0 Å². The molecule has 0 amide bonds. The van der Waals surface area contributed by atoms with Gasteiger partial charge in [-0.15, -0.1) is 0 Å². The lowest BCUT2D eigenvalue weighted by Crippen LogP contribution is -2.11. The number of aromatic amines is 1. The summed E-state index contributed by atoms with van der Waals surface area (Å²) < 4.78 is 2.35. The first-order valence-electron chi connectivity index (χ1n) is 20.2. The van der Waals surface area contributed by atoms with Crippen molar-refractivity contribution >= 4 is 43.6 Å². The molecule has 7 aromatic carbocycles. The summed E-state index contributed by atoms with van der Waals surface area (Å²) in [7, 11) is 0. The van der Waals surface area contributed by atoms with Gasteiger partial charge in [-0.2, -0.15) is 0 Å². The predicted molar refractivity (Wildman–Crippen MR) is 245 cm³/mol. The van der Waals surface area contributed by atoms with Crippen LogP contribution >= 0.6 is 0 Å². The molecule has 1 N–H and O–H groups in total. The van der Waals surface area contributed by atoms with Gasteiger partial charge in [0.25, 0.3) is 0 Å². The molecule has 0 aliphatic rings. The Morgan fingerprint density at radius 1 is 0.500 bits per heavy atom. The highest BCUT2D eigenvalue weighted by Gasteiger charge is 2.25. The summed E-state index contributed by atoms with van der Waals surface area (Å²) in [5, 5.41) is 4.80. The molecular weight excluding hydrogens is 705 g/mol. The molecule has 58 heavy (non-hydrogen) atoms. The first kappa shape index (κ1) is 35.6. The summed E-state index contributed by atoms with van der Waals surface area (Å²) in [5.41, 5.74) is 15.5. The number of nitrogens with zero attached hydrogens (tertiary/aromatic N) is 3. The van der Waals surface area contributed by atoms with E-state index in [1.807, 2.05) is 6.20 Å². The standard InChI is InChI=1S/C54H46N4/c1-53(2,3)38-24-25-47-44(31-38)45-32-39(54(4,5)6)33-46(50(45)56-47)52-57-51-42(22-15-23-49(51)58(52)40-19-11-8-12-20-40)43-29-37(28-36-18-13-14-21-41(36)43)48-30-35(26-27-55-48)34-16-9-7-10-17-34/h7-33,56H,1-6H3. The van der Waals surface area contributed by atoms with Crippen molar-refractivity contribution in [3.63, 3.8) is 0 Å². The molecule has 0 saturated carbocycles. The van der Waals surface area contributed by atoms with Crippen LogP contribution in [-0.2, 0) is 10.8 Å². The van der Waals surface area contributed by atoms with Crippen molar-refractivity contribution in [2.45, 2.75) is 52.4 Å². The lowest BCUT2D eigenvalue weighted by atomic mass is 9.84. The van der Waals surface area contributed by atoms with Gasteiger partial charge in [0.05, 0.1) is 22.2 Å². The number of aromatic nitrogens is 4. The van der Waals surface area contributed by atoms with E-state index in [0.717, 1.165) is 72.5 Å². The number of imidazole rings is 1. The van der Waals surface area contributed by atoms with Gasteiger partial charge in [0.1, 0.15) is 5.82 Å². The molecule has 0 aliphatic carbocycles. The molecule has 282 valence electrons. The molecule has 0 radical (unpaired) electrons. The fraction of sp³-hybridized carbons (Fsp3) is 0.148. The third-order valence-corrected chi connectivity index (χ3v) is 11.7. The molecule has 0 fully saturated rings. The molecular formula is C54H46N4. The minimum atomic E-state index is -0.0892. The number of pyridine rings is 1. The highest BCUT2D eigenvalue weighted by Crippen LogP contribution is 2.43. The molecule has 4 heteroatoms. The Labute approximate surface area is 339 Å². The van der Waals surface area contributed by atoms with Crippen molar-refractivity contribution in [1.82, 2.24) is 19.5 Å². The number of nitrogens with one attached hydrogen (secondary N) is 1. The highest BCUT2D eigenvalue weighted by atomic mass is 15.1. The first-order valence-corrected chi connectivity index (χ1v) is 20.2. The Balaban J connectivity index is 1.26. The maximum absolute atomic E-state index is 5.73. The quantitative estimate of drug-likeness (QED) is 0.190. The second kappa shape index (κ2) is 13.4. The van der Waals surface area contributed by atoms with Crippen LogP contribution in [0.15, 0.2) is 164 Å². The zero-order valence-corrected chi connectivity index (χ0v) is 33.9. The van der Waals surface area contributed by atoms with Gasteiger partial charge in [0.2, 0.25) is 0 Å². The first-order chi connectivity index (χ1) is 28.0. The highest BCUT2D eigenvalue weighted by molar-refractivity contribution is 6.13. The molecule has 0 saturated heterocycles. The fourth-order valence-electron chi connectivity index (χ4n) is 8.49. The molecule has 0 aliphatic heterocycles. The molecule has 0 unspecified atom stereocenters. The van der Waals surface area contributed by atoms with E-state index in [4.69, 9.17) is 9.97 Å².